The molecule has 15 heavy (non-hydrogen) atoms. The zero-order chi connectivity index (χ0) is 11.6. The van der Waals surface area contributed by atoms with Gasteiger partial charge < -0.3 is 0 Å². The Morgan fingerprint density at radius 3 is 2.40 bits per heavy atom. The zero-order valence-corrected chi connectivity index (χ0v) is 10.3. The molecular weight excluding hydrogens is 184 g/mol. The Morgan fingerprint density at radius 1 is 1.27 bits per heavy atom. The lowest BCUT2D eigenvalue weighted by Crippen LogP contribution is -2.24. The van der Waals surface area contributed by atoms with Gasteiger partial charge in [0.25, 0.3) is 0 Å². The average molecular weight is 204 g/mol. The van der Waals surface area contributed by atoms with Gasteiger partial charge in [0.1, 0.15) is 0 Å². The van der Waals surface area contributed by atoms with Crippen molar-refractivity contribution in [3.63, 3.8) is 0 Å². The Balaban J connectivity index is 3.18. The van der Waals surface area contributed by atoms with Crippen LogP contribution in [0.25, 0.3) is 0 Å². The zero-order valence-electron chi connectivity index (χ0n) is 10.3. The molecule has 0 unspecified atom stereocenters. The van der Waals surface area contributed by atoms with Crippen molar-refractivity contribution in [3.05, 3.63) is 34.9 Å². The van der Waals surface area contributed by atoms with E-state index in [0.717, 1.165) is 17.5 Å². The second-order valence-electron chi connectivity index (χ2n) is 4.81. The molecule has 0 radical (unpaired) electrons. The smallest absolute Gasteiger partial charge is 0.168 e. The van der Waals surface area contributed by atoms with E-state index in [4.69, 9.17) is 0 Å². The van der Waals surface area contributed by atoms with Crippen LogP contribution in [0.2, 0.25) is 0 Å². The first-order valence-electron chi connectivity index (χ1n) is 5.51. The first-order chi connectivity index (χ1) is 6.90. The van der Waals surface area contributed by atoms with Crippen molar-refractivity contribution < 1.29 is 4.79 Å². The first kappa shape index (κ1) is 12.0. The minimum Gasteiger partial charge on any atom is -0.294 e. The van der Waals surface area contributed by atoms with E-state index >= 15 is 0 Å². The number of carbonyl (C=O) groups is 1. The van der Waals surface area contributed by atoms with Crippen LogP contribution in [0.5, 0.6) is 0 Å². The molecule has 0 heterocycles. The molecule has 0 aliphatic rings. The highest BCUT2D eigenvalue weighted by molar-refractivity contribution is 6.01. The quantitative estimate of drug-likeness (QED) is 0.682. The van der Waals surface area contributed by atoms with E-state index in [9.17, 15) is 4.79 Å². The fourth-order valence-electron chi connectivity index (χ4n) is 1.52. The third kappa shape index (κ3) is 2.28. The van der Waals surface area contributed by atoms with E-state index in [1.165, 1.54) is 5.56 Å². The van der Waals surface area contributed by atoms with E-state index in [2.05, 4.69) is 6.92 Å². The fourth-order valence-corrected chi connectivity index (χ4v) is 1.52. The molecule has 0 aliphatic carbocycles. The van der Waals surface area contributed by atoms with Crippen molar-refractivity contribution in [2.75, 3.05) is 0 Å². The van der Waals surface area contributed by atoms with Gasteiger partial charge in [0.15, 0.2) is 5.78 Å². The van der Waals surface area contributed by atoms with E-state index in [1.807, 2.05) is 45.9 Å². The topological polar surface area (TPSA) is 17.1 Å². The Bertz CT molecular complexity index is 375. The summed E-state index contributed by atoms with van der Waals surface area (Å²) >= 11 is 0. The van der Waals surface area contributed by atoms with Crippen LogP contribution in [0.1, 0.15) is 48.7 Å². The minimum absolute atomic E-state index is 0.251. The molecule has 82 valence electrons. The second kappa shape index (κ2) is 4.18. The molecule has 0 fully saturated rings. The Morgan fingerprint density at radius 2 is 1.87 bits per heavy atom. The number of Topliss-reactive ketones (excluding diaryl/α,β-unsaturated/α-hetero) is 1. The summed E-state index contributed by atoms with van der Waals surface area (Å²) in [6, 6.07) is 5.94. The van der Waals surface area contributed by atoms with Gasteiger partial charge in [-0.05, 0) is 31.4 Å². The summed E-state index contributed by atoms with van der Waals surface area (Å²) in [5, 5.41) is 0. The van der Waals surface area contributed by atoms with Crippen LogP contribution in [0.3, 0.4) is 0 Å². The molecule has 0 spiro atoms. The molecule has 1 rings (SSSR count). The predicted octanol–water partition coefficient (Wildman–Crippen LogP) is 3.92. The molecule has 1 aromatic rings. The minimum atomic E-state index is -0.251. The van der Waals surface area contributed by atoms with Gasteiger partial charge in [0, 0.05) is 11.0 Å². The molecule has 0 N–H and O–H groups in total. The summed E-state index contributed by atoms with van der Waals surface area (Å²) in [5.74, 6) is 0.256. The Labute approximate surface area is 92.5 Å². The van der Waals surface area contributed by atoms with Crippen molar-refractivity contribution in [2.24, 2.45) is 5.41 Å². The van der Waals surface area contributed by atoms with Crippen molar-refractivity contribution in [1.82, 2.24) is 0 Å². The standard InChI is InChI=1S/C14H20O/c1-6-14(4,5)13(15)12-9-7-8-10(2)11(12)3/h7-9H,6H2,1-5H3. The SMILES string of the molecule is CCC(C)(C)C(=O)c1cccc(C)c1C. The van der Waals surface area contributed by atoms with Gasteiger partial charge in [-0.3, -0.25) is 4.79 Å². The monoisotopic (exact) mass is 204 g/mol. The van der Waals surface area contributed by atoms with Crippen LogP contribution in [-0.4, -0.2) is 5.78 Å². The molecular formula is C14H20O. The number of rotatable bonds is 3. The van der Waals surface area contributed by atoms with E-state index in [0.29, 0.717) is 0 Å². The Hall–Kier alpha value is -1.11. The summed E-state index contributed by atoms with van der Waals surface area (Å²) in [6.45, 7) is 10.1. The van der Waals surface area contributed by atoms with Gasteiger partial charge in [0.05, 0.1) is 0 Å². The lowest BCUT2D eigenvalue weighted by atomic mass is 9.80. The molecule has 1 nitrogen and oxygen atoms in total. The van der Waals surface area contributed by atoms with Gasteiger partial charge in [-0.2, -0.15) is 0 Å². The van der Waals surface area contributed by atoms with Gasteiger partial charge in [-0.25, -0.2) is 0 Å². The van der Waals surface area contributed by atoms with Crippen LogP contribution in [0.15, 0.2) is 18.2 Å². The maximum absolute atomic E-state index is 12.3. The fraction of sp³-hybridized carbons (Fsp3) is 0.500. The molecule has 0 saturated carbocycles. The van der Waals surface area contributed by atoms with E-state index in [-0.39, 0.29) is 11.2 Å². The van der Waals surface area contributed by atoms with Crippen LogP contribution in [0.4, 0.5) is 0 Å². The lowest BCUT2D eigenvalue weighted by molar-refractivity contribution is 0.0832. The van der Waals surface area contributed by atoms with E-state index < -0.39 is 0 Å². The third-order valence-corrected chi connectivity index (χ3v) is 3.35. The maximum Gasteiger partial charge on any atom is 0.168 e. The third-order valence-electron chi connectivity index (χ3n) is 3.35. The highest BCUT2D eigenvalue weighted by Gasteiger charge is 2.27. The summed E-state index contributed by atoms with van der Waals surface area (Å²) in [5.41, 5.74) is 2.93. The summed E-state index contributed by atoms with van der Waals surface area (Å²) in [4.78, 5) is 12.3. The van der Waals surface area contributed by atoms with Gasteiger partial charge in [0.2, 0.25) is 0 Å². The normalized spacial score (nSPS) is 11.5. The number of ketones is 1. The van der Waals surface area contributed by atoms with Crippen LogP contribution >= 0.6 is 0 Å². The van der Waals surface area contributed by atoms with Gasteiger partial charge >= 0.3 is 0 Å². The molecule has 1 aromatic carbocycles. The number of hydrogen-bond acceptors (Lipinski definition) is 1. The molecule has 1 heteroatoms. The number of carbonyl (C=O) groups excluding carboxylic acids is 1. The molecule has 0 aromatic heterocycles. The summed E-state index contributed by atoms with van der Waals surface area (Å²) in [7, 11) is 0. The molecule has 0 saturated heterocycles. The summed E-state index contributed by atoms with van der Waals surface area (Å²) in [6.07, 6.45) is 0.874. The number of aryl methyl sites for hydroxylation is 1. The highest BCUT2D eigenvalue weighted by Crippen LogP contribution is 2.27. The van der Waals surface area contributed by atoms with Crippen molar-refractivity contribution >= 4 is 5.78 Å². The largest absolute Gasteiger partial charge is 0.294 e. The maximum atomic E-state index is 12.3. The molecule has 0 bridgehead atoms. The molecule has 0 atom stereocenters. The van der Waals surface area contributed by atoms with Crippen molar-refractivity contribution in [3.8, 4) is 0 Å². The average Bonchev–Trinajstić information content (AvgIpc) is 2.21. The van der Waals surface area contributed by atoms with Crippen molar-refractivity contribution in [1.29, 1.82) is 0 Å². The van der Waals surface area contributed by atoms with Gasteiger partial charge in [-0.15, -0.1) is 0 Å². The summed E-state index contributed by atoms with van der Waals surface area (Å²) < 4.78 is 0. The molecule has 0 aliphatic heterocycles. The number of hydrogen-bond donors (Lipinski definition) is 0. The second-order valence-corrected chi connectivity index (χ2v) is 4.81. The Kier molecular flexibility index (Phi) is 3.33. The first-order valence-corrected chi connectivity index (χ1v) is 5.51. The van der Waals surface area contributed by atoms with Crippen LogP contribution in [0, 0.1) is 19.3 Å². The van der Waals surface area contributed by atoms with Crippen LogP contribution < -0.4 is 0 Å². The molecule has 0 amide bonds. The van der Waals surface area contributed by atoms with Crippen LogP contribution in [-0.2, 0) is 0 Å². The highest BCUT2D eigenvalue weighted by atomic mass is 16.1. The predicted molar refractivity (Wildman–Crippen MR) is 64.3 cm³/mol. The number of benzene rings is 1. The van der Waals surface area contributed by atoms with Crippen molar-refractivity contribution in [2.45, 2.75) is 41.0 Å². The lowest BCUT2D eigenvalue weighted by Gasteiger charge is -2.22. The van der Waals surface area contributed by atoms with E-state index in [1.54, 1.807) is 0 Å². The van der Waals surface area contributed by atoms with Gasteiger partial charge in [-0.1, -0.05) is 39.0 Å².